The summed E-state index contributed by atoms with van der Waals surface area (Å²) in [5.41, 5.74) is 3.12. The summed E-state index contributed by atoms with van der Waals surface area (Å²) in [4.78, 5) is 8.23. The van der Waals surface area contributed by atoms with Gasteiger partial charge in [0.1, 0.15) is 10.5 Å². The molecule has 0 aromatic carbocycles. The Morgan fingerprint density at radius 3 is 2.72 bits per heavy atom. The molecule has 1 saturated carbocycles. The van der Waals surface area contributed by atoms with Crippen molar-refractivity contribution in [2.24, 2.45) is 5.41 Å². The summed E-state index contributed by atoms with van der Waals surface area (Å²) in [6.07, 6.45) is 5.09. The zero-order valence-electron chi connectivity index (χ0n) is 11.1. The molecule has 2 aliphatic rings. The lowest BCUT2D eigenvalue weighted by Crippen LogP contribution is -2.21. The summed E-state index contributed by atoms with van der Waals surface area (Å²) in [5, 5.41) is 0. The molecule has 0 saturated heterocycles. The number of hydrogen-bond donors (Lipinski definition) is 1. The fourth-order valence-electron chi connectivity index (χ4n) is 2.96. The summed E-state index contributed by atoms with van der Waals surface area (Å²) in [6.45, 7) is 4.75. The molecule has 18 heavy (non-hydrogen) atoms. The number of aromatic nitrogens is 2. The maximum absolute atomic E-state index is 5.44. The van der Waals surface area contributed by atoms with Crippen LogP contribution in [0, 0.1) is 10.1 Å². The Hall–Kier alpha value is -0.350. The largest absolute Gasteiger partial charge is 0.346 e. The summed E-state index contributed by atoms with van der Waals surface area (Å²) >= 11 is 7.37. The van der Waals surface area contributed by atoms with E-state index in [9.17, 15) is 0 Å². The first-order valence-corrected chi connectivity index (χ1v) is 8.31. The van der Waals surface area contributed by atoms with E-state index in [2.05, 4.69) is 23.8 Å². The van der Waals surface area contributed by atoms with Gasteiger partial charge in [0.2, 0.25) is 0 Å². The zero-order chi connectivity index (χ0) is 12.8. The number of rotatable bonds is 1. The lowest BCUT2D eigenvalue weighted by atomic mass is 9.73. The molecule has 0 unspecified atom stereocenters. The molecule has 1 aliphatic heterocycles. The Balaban J connectivity index is 1.86. The first kappa shape index (κ1) is 12.7. The summed E-state index contributed by atoms with van der Waals surface area (Å²) in [7, 11) is 0. The van der Waals surface area contributed by atoms with E-state index in [1.54, 1.807) is 0 Å². The Bertz CT molecular complexity index is 509. The van der Waals surface area contributed by atoms with Gasteiger partial charge in [0, 0.05) is 28.7 Å². The van der Waals surface area contributed by atoms with Crippen LogP contribution in [0.4, 0.5) is 0 Å². The summed E-state index contributed by atoms with van der Waals surface area (Å²) in [5.74, 6) is 3.86. The molecule has 0 radical (unpaired) electrons. The minimum atomic E-state index is 0.514. The van der Waals surface area contributed by atoms with Gasteiger partial charge in [-0.1, -0.05) is 26.1 Å². The van der Waals surface area contributed by atoms with Crippen LogP contribution in [0.15, 0.2) is 0 Å². The maximum Gasteiger partial charge on any atom is 0.134 e. The fraction of sp³-hybridized carbons (Fsp3) is 0.714. The molecule has 0 atom stereocenters. The third-order valence-corrected chi connectivity index (χ3v) is 5.67. The molecule has 1 aromatic rings. The van der Waals surface area contributed by atoms with Crippen molar-refractivity contribution in [1.82, 2.24) is 9.97 Å². The Morgan fingerprint density at radius 1 is 1.28 bits per heavy atom. The van der Waals surface area contributed by atoms with Gasteiger partial charge in [-0.2, -0.15) is 11.8 Å². The van der Waals surface area contributed by atoms with Crippen LogP contribution < -0.4 is 0 Å². The highest BCUT2D eigenvalue weighted by molar-refractivity contribution is 7.98. The summed E-state index contributed by atoms with van der Waals surface area (Å²) < 4.78 is 0.841. The maximum atomic E-state index is 5.44. The number of nitrogens with zero attached hydrogens (tertiary/aromatic N) is 1. The molecule has 3 rings (SSSR count). The van der Waals surface area contributed by atoms with E-state index in [-0.39, 0.29) is 0 Å². The molecule has 1 aromatic heterocycles. The highest BCUT2D eigenvalue weighted by Gasteiger charge is 2.29. The van der Waals surface area contributed by atoms with Gasteiger partial charge in [-0.3, -0.25) is 0 Å². The van der Waals surface area contributed by atoms with Crippen LogP contribution in [0.25, 0.3) is 0 Å². The predicted octanol–water partition coefficient (Wildman–Crippen LogP) is 4.57. The predicted molar refractivity (Wildman–Crippen MR) is 79.4 cm³/mol. The second-order valence-corrected chi connectivity index (χ2v) is 7.69. The fourth-order valence-corrected chi connectivity index (χ4v) is 4.41. The minimum absolute atomic E-state index is 0.514. The monoisotopic (exact) mass is 280 g/mol. The Labute approximate surface area is 118 Å². The van der Waals surface area contributed by atoms with Crippen molar-refractivity contribution in [3.63, 3.8) is 0 Å². The first-order valence-electron chi connectivity index (χ1n) is 6.75. The van der Waals surface area contributed by atoms with E-state index >= 15 is 0 Å². The van der Waals surface area contributed by atoms with Crippen LogP contribution in [0.5, 0.6) is 0 Å². The Morgan fingerprint density at radius 2 is 2.00 bits per heavy atom. The van der Waals surface area contributed by atoms with Crippen molar-refractivity contribution in [1.29, 1.82) is 0 Å². The van der Waals surface area contributed by atoms with Crippen LogP contribution in [0.2, 0.25) is 0 Å². The average molecular weight is 280 g/mol. The van der Waals surface area contributed by atoms with Crippen molar-refractivity contribution in [3.05, 3.63) is 21.7 Å². The Kier molecular flexibility index (Phi) is 3.27. The van der Waals surface area contributed by atoms with Crippen molar-refractivity contribution in [2.75, 3.05) is 0 Å². The van der Waals surface area contributed by atoms with E-state index in [1.807, 2.05) is 11.8 Å². The van der Waals surface area contributed by atoms with Crippen molar-refractivity contribution in [3.8, 4) is 0 Å². The average Bonchev–Trinajstić information content (AvgIpc) is 2.77. The van der Waals surface area contributed by atoms with Crippen LogP contribution >= 0.6 is 24.0 Å². The molecule has 0 amide bonds. The van der Waals surface area contributed by atoms with Gasteiger partial charge >= 0.3 is 0 Å². The third kappa shape index (κ3) is 2.37. The number of aromatic amines is 1. The van der Waals surface area contributed by atoms with Crippen LogP contribution in [0.1, 0.15) is 62.5 Å². The molecular formula is C14H20N2S2. The topological polar surface area (TPSA) is 28.7 Å². The number of hydrogen-bond acceptors (Lipinski definition) is 3. The number of thioether (sulfide) groups is 1. The standard InChI is InChI=1S/C14H20N2S2/c1-14(2)5-3-9(4-6-14)12-15-11-8-18-7-10(11)13(17)16-12/h9H,3-8H2,1-2H3,(H,15,16,17). The molecule has 2 heterocycles. The van der Waals surface area contributed by atoms with Crippen molar-refractivity contribution >= 4 is 24.0 Å². The van der Waals surface area contributed by atoms with E-state index in [1.165, 1.54) is 36.9 Å². The molecule has 1 N–H and O–H groups in total. The highest BCUT2D eigenvalue weighted by atomic mass is 32.2. The zero-order valence-corrected chi connectivity index (χ0v) is 12.7. The van der Waals surface area contributed by atoms with E-state index in [4.69, 9.17) is 12.2 Å². The molecule has 1 fully saturated rings. The second kappa shape index (κ2) is 4.64. The highest BCUT2D eigenvalue weighted by Crippen LogP contribution is 2.42. The van der Waals surface area contributed by atoms with Gasteiger partial charge in [-0.15, -0.1) is 0 Å². The van der Waals surface area contributed by atoms with Crippen molar-refractivity contribution < 1.29 is 0 Å². The number of nitrogens with one attached hydrogen (secondary N) is 1. The van der Waals surface area contributed by atoms with E-state index in [0.717, 1.165) is 22.0 Å². The second-order valence-electron chi connectivity index (χ2n) is 6.32. The van der Waals surface area contributed by atoms with Gasteiger partial charge in [0.25, 0.3) is 0 Å². The molecule has 0 spiro atoms. The smallest absolute Gasteiger partial charge is 0.134 e. The van der Waals surface area contributed by atoms with E-state index in [0.29, 0.717) is 11.3 Å². The van der Waals surface area contributed by atoms with Crippen molar-refractivity contribution in [2.45, 2.75) is 57.0 Å². The minimum Gasteiger partial charge on any atom is -0.346 e. The molecule has 98 valence electrons. The number of H-pyrrole nitrogens is 1. The SMILES string of the molecule is CC1(C)CCC(c2nc(=S)c3c([nH]2)CSC3)CC1. The lowest BCUT2D eigenvalue weighted by molar-refractivity contribution is 0.220. The van der Waals surface area contributed by atoms with Gasteiger partial charge in [-0.05, 0) is 31.1 Å². The lowest BCUT2D eigenvalue weighted by Gasteiger charge is -2.33. The van der Waals surface area contributed by atoms with Gasteiger partial charge in [0.15, 0.2) is 0 Å². The first-order chi connectivity index (χ1) is 8.55. The summed E-state index contributed by atoms with van der Waals surface area (Å²) in [6, 6.07) is 0. The third-order valence-electron chi connectivity index (χ3n) is 4.34. The molecular weight excluding hydrogens is 260 g/mol. The quantitative estimate of drug-likeness (QED) is 0.764. The molecule has 4 heteroatoms. The molecule has 1 aliphatic carbocycles. The van der Waals surface area contributed by atoms with Gasteiger partial charge in [-0.25, -0.2) is 4.98 Å². The molecule has 2 nitrogen and oxygen atoms in total. The normalized spacial score (nSPS) is 23.0. The van der Waals surface area contributed by atoms with Crippen LogP contribution in [-0.2, 0) is 11.5 Å². The van der Waals surface area contributed by atoms with E-state index < -0.39 is 0 Å². The van der Waals surface area contributed by atoms with Crippen LogP contribution in [-0.4, -0.2) is 9.97 Å². The van der Waals surface area contributed by atoms with Crippen LogP contribution in [0.3, 0.4) is 0 Å². The molecule has 0 bridgehead atoms. The van der Waals surface area contributed by atoms with Gasteiger partial charge < -0.3 is 4.98 Å². The van der Waals surface area contributed by atoms with Gasteiger partial charge in [0.05, 0.1) is 0 Å². The number of fused-ring (bicyclic) bond motifs is 1.